The number of hydrogen-bond donors (Lipinski definition) is 2. The molecule has 1 aromatic heterocycles. The van der Waals surface area contributed by atoms with Crippen molar-refractivity contribution in [1.29, 1.82) is 0 Å². The van der Waals surface area contributed by atoms with Gasteiger partial charge < -0.3 is 15.8 Å². The molecule has 17 heavy (non-hydrogen) atoms. The van der Waals surface area contributed by atoms with Crippen molar-refractivity contribution < 1.29 is 4.74 Å². The van der Waals surface area contributed by atoms with E-state index in [1.54, 1.807) is 11.8 Å². The Morgan fingerprint density at radius 1 is 1.29 bits per heavy atom. The first kappa shape index (κ1) is 10.2. The number of fused-ring (bicyclic) bond motifs is 1. The highest BCUT2D eigenvalue weighted by atomic mass is 16.5. The van der Waals surface area contributed by atoms with Gasteiger partial charge in [-0.15, -0.1) is 0 Å². The van der Waals surface area contributed by atoms with E-state index in [0.717, 1.165) is 41.6 Å². The first-order valence-electron chi connectivity index (χ1n) is 5.51. The lowest BCUT2D eigenvalue weighted by atomic mass is 10.2. The van der Waals surface area contributed by atoms with Gasteiger partial charge in [-0.05, 0) is 24.3 Å². The second-order valence-corrected chi connectivity index (χ2v) is 4.02. The molecule has 0 radical (unpaired) electrons. The number of hydrogen-bond acceptors (Lipinski definition) is 4. The van der Waals surface area contributed by atoms with Crippen LogP contribution in [0.5, 0.6) is 5.75 Å². The number of rotatable bonds is 2. The number of benzene rings is 1. The summed E-state index contributed by atoms with van der Waals surface area (Å²) in [6.07, 6.45) is 0. The zero-order valence-electron chi connectivity index (χ0n) is 9.60. The van der Waals surface area contributed by atoms with Crippen LogP contribution < -0.4 is 15.8 Å². The van der Waals surface area contributed by atoms with Gasteiger partial charge in [0, 0.05) is 18.7 Å². The molecule has 2 heterocycles. The molecule has 2 aromatic rings. The van der Waals surface area contributed by atoms with E-state index >= 15 is 0 Å². The predicted molar refractivity (Wildman–Crippen MR) is 65.1 cm³/mol. The highest BCUT2D eigenvalue weighted by Gasteiger charge is 2.20. The molecular formula is C12H14N4O. The van der Waals surface area contributed by atoms with Gasteiger partial charge in [0.1, 0.15) is 11.6 Å². The van der Waals surface area contributed by atoms with Crippen LogP contribution in [0, 0.1) is 0 Å². The van der Waals surface area contributed by atoms with E-state index in [0.29, 0.717) is 0 Å². The Morgan fingerprint density at radius 3 is 2.71 bits per heavy atom. The number of aromatic nitrogens is 2. The summed E-state index contributed by atoms with van der Waals surface area (Å²) in [4.78, 5) is 0. The summed E-state index contributed by atoms with van der Waals surface area (Å²) in [6, 6.07) is 7.70. The normalized spacial score (nSPS) is 13.7. The van der Waals surface area contributed by atoms with Gasteiger partial charge >= 0.3 is 0 Å². The van der Waals surface area contributed by atoms with Crippen molar-refractivity contribution in [3.05, 3.63) is 35.5 Å². The second-order valence-electron chi connectivity index (χ2n) is 4.02. The van der Waals surface area contributed by atoms with Crippen LogP contribution in [-0.2, 0) is 13.1 Å². The third kappa shape index (κ3) is 1.55. The largest absolute Gasteiger partial charge is 0.497 e. The maximum atomic E-state index is 6.09. The fourth-order valence-electron chi connectivity index (χ4n) is 2.07. The maximum Gasteiger partial charge on any atom is 0.132 e. The number of anilines is 1. The quantitative estimate of drug-likeness (QED) is 0.809. The zero-order valence-corrected chi connectivity index (χ0v) is 9.60. The Kier molecular flexibility index (Phi) is 2.26. The molecule has 0 saturated carbocycles. The third-order valence-corrected chi connectivity index (χ3v) is 3.02. The molecule has 0 aliphatic carbocycles. The van der Waals surface area contributed by atoms with Crippen LogP contribution in [-0.4, -0.2) is 16.9 Å². The molecule has 0 amide bonds. The van der Waals surface area contributed by atoms with Gasteiger partial charge in [-0.3, -0.25) is 0 Å². The highest BCUT2D eigenvalue weighted by Crippen LogP contribution is 2.25. The molecule has 0 fully saturated rings. The number of methoxy groups -OCH3 is 1. The van der Waals surface area contributed by atoms with E-state index in [1.165, 1.54) is 0 Å². The third-order valence-electron chi connectivity index (χ3n) is 3.02. The van der Waals surface area contributed by atoms with Gasteiger partial charge in [0.25, 0.3) is 0 Å². The minimum Gasteiger partial charge on any atom is -0.497 e. The standard InChI is InChI=1S/C12H14N4O/c1-17-9-4-2-8(3-5-9)16-12(13)10-6-14-7-11(10)15-16/h2-5,14H,6-7,13H2,1H3. The lowest BCUT2D eigenvalue weighted by Crippen LogP contribution is -2.08. The molecule has 0 bridgehead atoms. The average molecular weight is 230 g/mol. The summed E-state index contributed by atoms with van der Waals surface area (Å²) < 4.78 is 6.91. The number of nitrogen functional groups attached to an aromatic ring is 1. The fraction of sp³-hybridized carbons (Fsp3) is 0.250. The van der Waals surface area contributed by atoms with Crippen LogP contribution in [0.3, 0.4) is 0 Å². The lowest BCUT2D eigenvalue weighted by Gasteiger charge is -2.06. The smallest absolute Gasteiger partial charge is 0.132 e. The summed E-state index contributed by atoms with van der Waals surface area (Å²) in [5.41, 5.74) is 9.19. The SMILES string of the molecule is COc1ccc(-n2nc3c(c2N)CNC3)cc1. The molecule has 5 heteroatoms. The first-order chi connectivity index (χ1) is 8.29. The van der Waals surface area contributed by atoms with E-state index in [-0.39, 0.29) is 0 Å². The van der Waals surface area contributed by atoms with Crippen LogP contribution in [0.1, 0.15) is 11.3 Å². The Bertz CT molecular complexity index is 544. The zero-order chi connectivity index (χ0) is 11.8. The molecule has 1 aliphatic rings. The van der Waals surface area contributed by atoms with Crippen molar-refractivity contribution in [2.24, 2.45) is 0 Å². The lowest BCUT2D eigenvalue weighted by molar-refractivity contribution is 0.414. The van der Waals surface area contributed by atoms with Gasteiger partial charge in [0.05, 0.1) is 18.5 Å². The first-order valence-corrected chi connectivity index (χ1v) is 5.51. The fourth-order valence-corrected chi connectivity index (χ4v) is 2.07. The summed E-state index contributed by atoms with van der Waals surface area (Å²) in [5.74, 6) is 1.55. The van der Waals surface area contributed by atoms with Crippen LogP contribution >= 0.6 is 0 Å². The average Bonchev–Trinajstić information content (AvgIpc) is 2.93. The Balaban J connectivity index is 2.03. The Morgan fingerprint density at radius 2 is 2.06 bits per heavy atom. The predicted octanol–water partition coefficient (Wildman–Crippen LogP) is 1.07. The molecule has 88 valence electrons. The minimum atomic E-state index is 0.718. The molecule has 0 saturated heterocycles. The van der Waals surface area contributed by atoms with Crippen LogP contribution in [0.4, 0.5) is 5.82 Å². The van der Waals surface area contributed by atoms with Crippen molar-refractivity contribution in [1.82, 2.24) is 15.1 Å². The van der Waals surface area contributed by atoms with Gasteiger partial charge in [-0.1, -0.05) is 0 Å². The minimum absolute atomic E-state index is 0.718. The topological polar surface area (TPSA) is 65.1 Å². The van der Waals surface area contributed by atoms with E-state index in [2.05, 4.69) is 10.4 Å². The number of nitrogens with two attached hydrogens (primary N) is 1. The van der Waals surface area contributed by atoms with Gasteiger partial charge in [-0.2, -0.15) is 5.10 Å². The van der Waals surface area contributed by atoms with E-state index in [1.807, 2.05) is 24.3 Å². The summed E-state index contributed by atoms with van der Waals surface area (Å²) >= 11 is 0. The second kappa shape index (κ2) is 3.78. The summed E-state index contributed by atoms with van der Waals surface area (Å²) in [7, 11) is 1.65. The van der Waals surface area contributed by atoms with E-state index in [9.17, 15) is 0 Å². The Hall–Kier alpha value is -2.01. The molecule has 0 unspecified atom stereocenters. The maximum absolute atomic E-state index is 6.09. The van der Waals surface area contributed by atoms with E-state index < -0.39 is 0 Å². The van der Waals surface area contributed by atoms with Gasteiger partial charge in [-0.25, -0.2) is 4.68 Å². The highest BCUT2D eigenvalue weighted by molar-refractivity contribution is 5.52. The number of nitrogens with one attached hydrogen (secondary N) is 1. The van der Waals surface area contributed by atoms with Gasteiger partial charge in [0.15, 0.2) is 0 Å². The monoisotopic (exact) mass is 230 g/mol. The molecule has 1 aliphatic heterocycles. The molecule has 3 N–H and O–H groups in total. The van der Waals surface area contributed by atoms with Crippen molar-refractivity contribution in [2.75, 3.05) is 12.8 Å². The number of nitrogens with zero attached hydrogens (tertiary/aromatic N) is 2. The molecular weight excluding hydrogens is 216 g/mol. The van der Waals surface area contributed by atoms with Crippen molar-refractivity contribution >= 4 is 5.82 Å². The van der Waals surface area contributed by atoms with Crippen LogP contribution in [0.15, 0.2) is 24.3 Å². The van der Waals surface area contributed by atoms with E-state index in [4.69, 9.17) is 10.5 Å². The Labute approximate surface area is 99.2 Å². The summed E-state index contributed by atoms with van der Waals surface area (Å²) in [6.45, 7) is 1.60. The van der Waals surface area contributed by atoms with Crippen molar-refractivity contribution in [2.45, 2.75) is 13.1 Å². The molecule has 5 nitrogen and oxygen atoms in total. The molecule has 3 rings (SSSR count). The van der Waals surface area contributed by atoms with Crippen molar-refractivity contribution in [3.8, 4) is 11.4 Å². The van der Waals surface area contributed by atoms with Crippen LogP contribution in [0.25, 0.3) is 5.69 Å². The van der Waals surface area contributed by atoms with Gasteiger partial charge in [0.2, 0.25) is 0 Å². The summed E-state index contributed by atoms with van der Waals surface area (Å²) in [5, 5.41) is 7.73. The van der Waals surface area contributed by atoms with Crippen LogP contribution in [0.2, 0.25) is 0 Å². The molecule has 0 atom stereocenters. The van der Waals surface area contributed by atoms with Crippen molar-refractivity contribution in [3.63, 3.8) is 0 Å². The number of ether oxygens (including phenoxy) is 1. The molecule has 1 aromatic carbocycles. The molecule has 0 spiro atoms.